The molecule has 2 aromatic carbocycles. The fourth-order valence-corrected chi connectivity index (χ4v) is 4.85. The molecule has 168 valence electrons. The van der Waals surface area contributed by atoms with Gasteiger partial charge in [-0.05, 0) is 36.6 Å². The van der Waals surface area contributed by atoms with Crippen molar-refractivity contribution >= 4 is 17.3 Å². The fraction of sp³-hybridized carbons (Fsp3) is 0.308. The molecule has 0 atom stereocenters. The number of para-hydroxylation sites is 1. The van der Waals surface area contributed by atoms with Crippen molar-refractivity contribution in [2.75, 3.05) is 0 Å². The Morgan fingerprint density at radius 1 is 0.879 bits per heavy atom. The van der Waals surface area contributed by atoms with Crippen molar-refractivity contribution in [2.24, 2.45) is 0 Å². The van der Waals surface area contributed by atoms with Gasteiger partial charge in [-0.2, -0.15) is 0 Å². The number of nitro groups is 1. The summed E-state index contributed by atoms with van der Waals surface area (Å²) in [5.74, 6) is 1.52. The molecule has 0 bridgehead atoms. The lowest BCUT2D eigenvalue weighted by atomic mass is 9.73. The van der Waals surface area contributed by atoms with Gasteiger partial charge < -0.3 is 9.47 Å². The van der Waals surface area contributed by atoms with Gasteiger partial charge in [0.15, 0.2) is 11.6 Å². The van der Waals surface area contributed by atoms with E-state index < -0.39 is 10.8 Å². The first-order chi connectivity index (χ1) is 16.0. The summed E-state index contributed by atoms with van der Waals surface area (Å²) in [6.07, 6.45) is 3.77. The van der Waals surface area contributed by atoms with Gasteiger partial charge in [-0.25, -0.2) is 0 Å². The molecule has 2 aromatic rings. The maximum atomic E-state index is 13.0. The highest BCUT2D eigenvalue weighted by Crippen LogP contribution is 2.49. The molecule has 1 aliphatic heterocycles. The molecular weight excluding hydrogens is 422 g/mol. The molecule has 0 radical (unpaired) electrons. The van der Waals surface area contributed by atoms with E-state index in [0.717, 1.165) is 24.0 Å². The quantitative estimate of drug-likeness (QED) is 0.458. The second-order valence-electron chi connectivity index (χ2n) is 8.51. The highest BCUT2D eigenvalue weighted by atomic mass is 16.6. The molecule has 5 rings (SSSR count). The smallest absolute Gasteiger partial charge is 0.269 e. The molecule has 0 saturated heterocycles. The maximum Gasteiger partial charge on any atom is 0.269 e. The maximum absolute atomic E-state index is 13.0. The van der Waals surface area contributed by atoms with Crippen molar-refractivity contribution in [3.63, 3.8) is 0 Å². The van der Waals surface area contributed by atoms with Crippen molar-refractivity contribution in [2.45, 2.75) is 51.0 Å². The SMILES string of the molecule is O=C1CCCC2=C1C(c1ccccc1OCc1ccc([N+](=O)[O-])cc1)C1=C(CCCC1=O)O2. The normalized spacial score (nSPS) is 18.5. The number of hydrogen-bond acceptors (Lipinski definition) is 6. The Bertz CT molecular complexity index is 1170. The molecule has 7 heteroatoms. The molecule has 0 amide bonds. The zero-order valence-corrected chi connectivity index (χ0v) is 18.0. The van der Waals surface area contributed by atoms with E-state index in [0.29, 0.717) is 54.1 Å². The summed E-state index contributed by atoms with van der Waals surface area (Å²) in [6.45, 7) is 0.206. The summed E-state index contributed by atoms with van der Waals surface area (Å²) >= 11 is 0. The van der Waals surface area contributed by atoms with Gasteiger partial charge in [0, 0.05) is 54.5 Å². The van der Waals surface area contributed by atoms with Crippen LogP contribution < -0.4 is 4.74 Å². The van der Waals surface area contributed by atoms with Crippen molar-refractivity contribution in [1.29, 1.82) is 0 Å². The number of Topliss-reactive ketones (excluding diaryl/α,β-unsaturated/α-hetero) is 2. The number of ketones is 2. The topological polar surface area (TPSA) is 95.7 Å². The highest BCUT2D eigenvalue weighted by Gasteiger charge is 2.42. The first kappa shape index (κ1) is 21.1. The van der Waals surface area contributed by atoms with Crippen molar-refractivity contribution in [1.82, 2.24) is 0 Å². The first-order valence-electron chi connectivity index (χ1n) is 11.2. The van der Waals surface area contributed by atoms with Crippen LogP contribution in [0.4, 0.5) is 5.69 Å². The molecule has 0 N–H and O–H groups in total. The Labute approximate surface area is 190 Å². The molecule has 0 fully saturated rings. The largest absolute Gasteiger partial charge is 0.489 e. The van der Waals surface area contributed by atoms with E-state index in [1.54, 1.807) is 12.1 Å². The van der Waals surface area contributed by atoms with Gasteiger partial charge in [0.25, 0.3) is 5.69 Å². The Morgan fingerprint density at radius 2 is 1.48 bits per heavy atom. The van der Waals surface area contributed by atoms with Crippen LogP contribution in [0.3, 0.4) is 0 Å². The first-order valence-corrected chi connectivity index (χ1v) is 11.2. The van der Waals surface area contributed by atoms with Gasteiger partial charge in [-0.1, -0.05) is 18.2 Å². The molecule has 33 heavy (non-hydrogen) atoms. The predicted octanol–water partition coefficient (Wildman–Crippen LogP) is 5.30. The van der Waals surface area contributed by atoms with Crippen LogP contribution in [0.15, 0.2) is 71.2 Å². The van der Waals surface area contributed by atoms with Gasteiger partial charge in [-0.15, -0.1) is 0 Å². The van der Waals surface area contributed by atoms with E-state index in [2.05, 4.69) is 0 Å². The van der Waals surface area contributed by atoms with Gasteiger partial charge in [0.2, 0.25) is 0 Å². The van der Waals surface area contributed by atoms with E-state index in [1.807, 2.05) is 24.3 Å². The molecule has 3 aliphatic rings. The van der Waals surface area contributed by atoms with E-state index >= 15 is 0 Å². The second-order valence-corrected chi connectivity index (χ2v) is 8.51. The van der Waals surface area contributed by atoms with E-state index in [9.17, 15) is 19.7 Å². The number of nitro benzene ring substituents is 1. The summed E-state index contributed by atoms with van der Waals surface area (Å²) in [7, 11) is 0. The number of nitrogens with zero attached hydrogens (tertiary/aromatic N) is 1. The minimum atomic E-state index is -0.489. The highest BCUT2D eigenvalue weighted by molar-refractivity contribution is 6.06. The molecule has 0 aromatic heterocycles. The number of rotatable bonds is 5. The third kappa shape index (κ3) is 3.95. The van der Waals surface area contributed by atoms with Gasteiger partial charge >= 0.3 is 0 Å². The summed E-state index contributed by atoms with van der Waals surface area (Å²) in [5, 5.41) is 10.9. The van der Waals surface area contributed by atoms with Crippen LogP contribution in [0.5, 0.6) is 5.75 Å². The number of non-ortho nitro benzene ring substituents is 1. The van der Waals surface area contributed by atoms with Crippen LogP contribution in [0.2, 0.25) is 0 Å². The minimum Gasteiger partial charge on any atom is -0.489 e. The average molecular weight is 445 g/mol. The zero-order chi connectivity index (χ0) is 22.9. The lowest BCUT2D eigenvalue weighted by molar-refractivity contribution is -0.384. The Kier molecular flexibility index (Phi) is 5.54. The van der Waals surface area contributed by atoms with Crippen LogP contribution in [0.25, 0.3) is 0 Å². The third-order valence-electron chi connectivity index (χ3n) is 6.41. The van der Waals surface area contributed by atoms with E-state index in [1.165, 1.54) is 12.1 Å². The number of carbonyl (C=O) groups is 2. The van der Waals surface area contributed by atoms with Crippen LogP contribution >= 0.6 is 0 Å². The number of hydrogen-bond donors (Lipinski definition) is 0. The van der Waals surface area contributed by atoms with Crippen molar-refractivity contribution in [3.8, 4) is 5.75 Å². The van der Waals surface area contributed by atoms with Crippen LogP contribution in [-0.2, 0) is 20.9 Å². The lowest BCUT2D eigenvalue weighted by Crippen LogP contribution is -2.30. The number of ether oxygens (including phenoxy) is 2. The van der Waals surface area contributed by atoms with Gasteiger partial charge in [0.05, 0.1) is 10.8 Å². The van der Waals surface area contributed by atoms with Gasteiger partial charge in [0.1, 0.15) is 23.9 Å². The summed E-state index contributed by atoms with van der Waals surface area (Å²) in [5.41, 5.74) is 2.74. The Hall–Kier alpha value is -3.74. The molecular formula is C26H23NO6. The monoisotopic (exact) mass is 445 g/mol. The average Bonchev–Trinajstić information content (AvgIpc) is 2.82. The van der Waals surface area contributed by atoms with Crippen LogP contribution in [0, 0.1) is 10.1 Å². The summed E-state index contributed by atoms with van der Waals surface area (Å²) in [4.78, 5) is 36.5. The van der Waals surface area contributed by atoms with Crippen LogP contribution in [-0.4, -0.2) is 16.5 Å². The molecule has 1 heterocycles. The second kappa shape index (κ2) is 8.65. The molecule has 0 saturated carbocycles. The number of carbonyl (C=O) groups excluding carboxylic acids is 2. The molecule has 7 nitrogen and oxygen atoms in total. The zero-order valence-electron chi connectivity index (χ0n) is 18.0. The fourth-order valence-electron chi connectivity index (χ4n) is 4.85. The summed E-state index contributed by atoms with van der Waals surface area (Å²) < 4.78 is 12.2. The standard InChI is InChI=1S/C26H23NO6/c28-19-6-3-9-22-25(19)24(26-20(29)7-4-10-23(26)33-22)18-5-1-2-8-21(18)32-15-16-11-13-17(14-12-16)27(30)31/h1-2,5,8,11-14,24H,3-4,6-7,9-10,15H2. The Morgan fingerprint density at radius 3 is 2.09 bits per heavy atom. The minimum absolute atomic E-state index is 0.0203. The van der Waals surface area contributed by atoms with E-state index in [-0.39, 0.29) is 23.9 Å². The molecule has 0 unspecified atom stereocenters. The van der Waals surface area contributed by atoms with Crippen molar-refractivity contribution < 1.29 is 24.0 Å². The van der Waals surface area contributed by atoms with E-state index in [4.69, 9.17) is 9.47 Å². The molecule has 0 spiro atoms. The number of benzene rings is 2. The number of allylic oxidation sites excluding steroid dienone is 4. The summed E-state index contributed by atoms with van der Waals surface area (Å²) in [6, 6.07) is 13.7. The van der Waals surface area contributed by atoms with Crippen molar-refractivity contribution in [3.05, 3.63) is 92.4 Å². The third-order valence-corrected chi connectivity index (χ3v) is 6.41. The van der Waals surface area contributed by atoms with Crippen LogP contribution in [0.1, 0.15) is 55.6 Å². The predicted molar refractivity (Wildman–Crippen MR) is 119 cm³/mol. The Balaban J connectivity index is 1.52. The molecule has 2 aliphatic carbocycles. The van der Waals surface area contributed by atoms with Gasteiger partial charge in [-0.3, -0.25) is 19.7 Å². The lowest BCUT2D eigenvalue weighted by Gasteiger charge is -2.36.